The van der Waals surface area contributed by atoms with Gasteiger partial charge in [-0.3, -0.25) is 25.0 Å². The van der Waals surface area contributed by atoms with Crippen LogP contribution in [0.15, 0.2) is 54.6 Å². The fraction of sp³-hybridized carbons (Fsp3) is 0.348. The Bertz CT molecular complexity index is 973. The third-order valence-electron chi connectivity index (χ3n) is 5.82. The molecule has 2 aromatic carbocycles. The van der Waals surface area contributed by atoms with Crippen molar-refractivity contribution < 1.29 is 24.2 Å². The van der Waals surface area contributed by atoms with Crippen LogP contribution in [0.25, 0.3) is 0 Å². The number of imide groups is 1. The third kappa shape index (κ3) is 3.35. The molecule has 2 aliphatic rings. The van der Waals surface area contributed by atoms with E-state index in [1.165, 1.54) is 0 Å². The number of hydrogen-bond acceptors (Lipinski definition) is 5. The Hall–Kier alpha value is -3.19. The monoisotopic (exact) mass is 408 g/mol. The summed E-state index contributed by atoms with van der Waals surface area (Å²) < 4.78 is 5.80. The maximum Gasteiger partial charge on any atom is 0.324 e. The van der Waals surface area contributed by atoms with Crippen LogP contribution in [0.2, 0.25) is 0 Å². The van der Waals surface area contributed by atoms with Gasteiger partial charge in [-0.25, -0.2) is 0 Å². The highest BCUT2D eigenvalue weighted by Crippen LogP contribution is 2.48. The first-order valence-electron chi connectivity index (χ1n) is 10.0. The fourth-order valence-corrected chi connectivity index (χ4v) is 4.70. The zero-order valence-corrected chi connectivity index (χ0v) is 16.8. The van der Waals surface area contributed by atoms with Crippen LogP contribution in [0.3, 0.4) is 0 Å². The summed E-state index contributed by atoms with van der Waals surface area (Å²) >= 11 is 0. The predicted octanol–water partition coefficient (Wildman–Crippen LogP) is 2.88. The van der Waals surface area contributed by atoms with Gasteiger partial charge >= 0.3 is 5.97 Å². The van der Waals surface area contributed by atoms with Gasteiger partial charge in [0.2, 0.25) is 11.8 Å². The number of carboxylic acids is 1. The van der Waals surface area contributed by atoms with Gasteiger partial charge in [-0.1, -0.05) is 44.2 Å². The molecule has 2 aliphatic heterocycles. The highest BCUT2D eigenvalue weighted by atomic mass is 16.5. The van der Waals surface area contributed by atoms with Crippen LogP contribution in [-0.4, -0.2) is 28.4 Å². The molecule has 2 aromatic rings. The smallest absolute Gasteiger partial charge is 0.324 e. The van der Waals surface area contributed by atoms with Gasteiger partial charge in [-0.2, -0.15) is 0 Å². The number of hydrogen-bond donors (Lipinski definition) is 3. The van der Waals surface area contributed by atoms with E-state index in [1.54, 1.807) is 24.3 Å². The number of ether oxygens (including phenoxy) is 1. The van der Waals surface area contributed by atoms with Crippen LogP contribution >= 0.6 is 0 Å². The summed E-state index contributed by atoms with van der Waals surface area (Å²) in [5.74, 6) is -2.43. The summed E-state index contributed by atoms with van der Waals surface area (Å²) in [6.07, 6.45) is 0.246. The standard InChI is InChI=1S/C23H24N2O5/c1-13(2)12-23(22(28)29)18-17(20(26)24-21(18)27)19(25-23)14-8-10-16(11-9-14)30-15-6-4-3-5-7-15/h3-11,13,17-19,25H,12H2,1-2H3,(H,28,29)(H,24,26,27). The van der Waals surface area contributed by atoms with E-state index in [0.29, 0.717) is 11.5 Å². The lowest BCUT2D eigenvalue weighted by Crippen LogP contribution is -2.56. The minimum atomic E-state index is -1.49. The summed E-state index contributed by atoms with van der Waals surface area (Å²) in [4.78, 5) is 37.4. The Kier molecular flexibility index (Phi) is 5.07. The number of nitrogens with one attached hydrogen (secondary N) is 2. The topological polar surface area (TPSA) is 105 Å². The van der Waals surface area contributed by atoms with Crippen molar-refractivity contribution in [2.75, 3.05) is 0 Å². The van der Waals surface area contributed by atoms with Gasteiger partial charge < -0.3 is 9.84 Å². The first-order chi connectivity index (χ1) is 14.3. The van der Waals surface area contributed by atoms with Gasteiger partial charge in [0.15, 0.2) is 0 Å². The van der Waals surface area contributed by atoms with Crippen molar-refractivity contribution in [3.05, 3.63) is 60.2 Å². The van der Waals surface area contributed by atoms with Gasteiger partial charge in [0.25, 0.3) is 0 Å². The minimum absolute atomic E-state index is 0.0261. The molecule has 2 amide bonds. The van der Waals surface area contributed by atoms with Gasteiger partial charge in [0.05, 0.1) is 11.8 Å². The third-order valence-corrected chi connectivity index (χ3v) is 5.82. The number of benzene rings is 2. The van der Waals surface area contributed by atoms with Gasteiger partial charge in [0.1, 0.15) is 17.0 Å². The molecule has 7 heteroatoms. The van der Waals surface area contributed by atoms with Crippen molar-refractivity contribution in [3.8, 4) is 11.5 Å². The van der Waals surface area contributed by atoms with Crippen molar-refractivity contribution in [1.82, 2.24) is 10.6 Å². The molecule has 2 saturated heterocycles. The predicted molar refractivity (Wildman–Crippen MR) is 109 cm³/mol. The highest BCUT2D eigenvalue weighted by Gasteiger charge is 2.66. The quantitative estimate of drug-likeness (QED) is 0.635. The molecule has 0 aliphatic carbocycles. The average molecular weight is 408 g/mol. The van der Waals surface area contributed by atoms with Crippen molar-refractivity contribution in [3.63, 3.8) is 0 Å². The molecule has 0 bridgehead atoms. The molecular formula is C23H24N2O5. The highest BCUT2D eigenvalue weighted by molar-refractivity contribution is 6.09. The van der Waals surface area contributed by atoms with Crippen molar-refractivity contribution in [2.24, 2.45) is 17.8 Å². The van der Waals surface area contributed by atoms with Crippen LogP contribution in [0.5, 0.6) is 11.5 Å². The second-order valence-electron chi connectivity index (χ2n) is 8.34. The Morgan fingerprint density at radius 3 is 2.27 bits per heavy atom. The lowest BCUT2D eigenvalue weighted by molar-refractivity contribution is -0.150. The van der Waals surface area contributed by atoms with Crippen LogP contribution in [0, 0.1) is 17.8 Å². The molecule has 156 valence electrons. The number of fused-ring (bicyclic) bond motifs is 1. The molecule has 4 atom stereocenters. The number of carbonyl (C=O) groups is 3. The van der Waals surface area contributed by atoms with Gasteiger partial charge in [0, 0.05) is 6.04 Å². The minimum Gasteiger partial charge on any atom is -0.480 e. The molecule has 30 heavy (non-hydrogen) atoms. The van der Waals surface area contributed by atoms with E-state index in [9.17, 15) is 19.5 Å². The first-order valence-corrected chi connectivity index (χ1v) is 10.0. The summed E-state index contributed by atoms with van der Waals surface area (Å²) in [7, 11) is 0. The van der Waals surface area contributed by atoms with E-state index in [-0.39, 0.29) is 12.3 Å². The SMILES string of the molecule is CC(C)CC1(C(=O)O)NC(c2ccc(Oc3ccccc3)cc2)C2C(=O)NC(=O)C21. The maximum atomic E-state index is 12.6. The molecule has 0 aromatic heterocycles. The number of amides is 2. The molecule has 4 unspecified atom stereocenters. The fourth-order valence-electron chi connectivity index (χ4n) is 4.70. The Morgan fingerprint density at radius 1 is 1.03 bits per heavy atom. The Balaban J connectivity index is 1.66. The second-order valence-corrected chi connectivity index (χ2v) is 8.34. The number of carbonyl (C=O) groups excluding carboxylic acids is 2. The number of aliphatic carboxylic acids is 1. The first kappa shape index (κ1) is 20.1. The van der Waals surface area contributed by atoms with E-state index < -0.39 is 41.2 Å². The van der Waals surface area contributed by atoms with Crippen molar-refractivity contribution in [2.45, 2.75) is 31.8 Å². The molecule has 3 N–H and O–H groups in total. The number of rotatable bonds is 6. The van der Waals surface area contributed by atoms with E-state index in [2.05, 4.69) is 10.6 Å². The molecule has 7 nitrogen and oxygen atoms in total. The zero-order valence-electron chi connectivity index (χ0n) is 16.8. The summed E-state index contributed by atoms with van der Waals surface area (Å²) in [5, 5.41) is 15.6. The zero-order chi connectivity index (χ0) is 21.5. The molecule has 0 spiro atoms. The lowest BCUT2D eigenvalue weighted by atomic mass is 9.75. The van der Waals surface area contributed by atoms with Crippen molar-refractivity contribution in [1.29, 1.82) is 0 Å². The van der Waals surface area contributed by atoms with Gasteiger partial charge in [-0.15, -0.1) is 0 Å². The number of para-hydroxylation sites is 1. The van der Waals surface area contributed by atoms with E-state index in [1.807, 2.05) is 44.2 Å². The molecule has 2 fully saturated rings. The molecule has 4 rings (SSSR count). The Morgan fingerprint density at radius 2 is 1.67 bits per heavy atom. The second kappa shape index (κ2) is 7.57. The molecule has 2 heterocycles. The largest absolute Gasteiger partial charge is 0.480 e. The molecule has 0 radical (unpaired) electrons. The average Bonchev–Trinajstić information content (AvgIpc) is 3.20. The lowest BCUT2D eigenvalue weighted by Gasteiger charge is -2.31. The summed E-state index contributed by atoms with van der Waals surface area (Å²) in [6.45, 7) is 3.80. The van der Waals surface area contributed by atoms with Gasteiger partial charge in [-0.05, 0) is 42.2 Å². The van der Waals surface area contributed by atoms with Crippen LogP contribution in [0.4, 0.5) is 0 Å². The van der Waals surface area contributed by atoms with E-state index >= 15 is 0 Å². The maximum absolute atomic E-state index is 12.6. The van der Waals surface area contributed by atoms with E-state index in [4.69, 9.17) is 4.74 Å². The van der Waals surface area contributed by atoms with Crippen molar-refractivity contribution >= 4 is 17.8 Å². The molecule has 0 saturated carbocycles. The molecular weight excluding hydrogens is 384 g/mol. The normalized spacial score (nSPS) is 27.8. The van der Waals surface area contributed by atoms with Crippen LogP contribution < -0.4 is 15.4 Å². The summed E-state index contributed by atoms with van der Waals surface area (Å²) in [6, 6.07) is 15.9. The summed E-state index contributed by atoms with van der Waals surface area (Å²) in [5.41, 5.74) is -0.749. The van der Waals surface area contributed by atoms with Crippen LogP contribution in [-0.2, 0) is 14.4 Å². The van der Waals surface area contributed by atoms with E-state index in [0.717, 1.165) is 5.56 Å². The Labute approximate surface area is 174 Å². The number of carboxylic acid groups (broad SMARTS) is 1. The van der Waals surface area contributed by atoms with Crippen LogP contribution in [0.1, 0.15) is 31.9 Å².